The van der Waals surface area contributed by atoms with E-state index < -0.39 is 11.7 Å². The first-order valence-electron chi connectivity index (χ1n) is 10.9. The van der Waals surface area contributed by atoms with Crippen LogP contribution in [0.3, 0.4) is 0 Å². The molecule has 1 atom stereocenters. The second kappa shape index (κ2) is 9.90. The SMILES string of the molecule is CN(C)C(CNC(=O)c1cnc2c(c1)CN(Cc1ccc(C(F)(F)F)cc1)C2)c1ccncc1. The molecule has 1 N–H and O–H groups in total. The molecule has 3 aromatic rings. The van der Waals surface area contributed by atoms with Gasteiger partial charge in [-0.15, -0.1) is 0 Å². The van der Waals surface area contributed by atoms with E-state index in [0.29, 0.717) is 31.7 Å². The Bertz CT molecular complexity index is 1130. The van der Waals surface area contributed by atoms with Crippen LogP contribution in [0.1, 0.15) is 44.3 Å². The van der Waals surface area contributed by atoms with Gasteiger partial charge in [0.2, 0.25) is 0 Å². The molecule has 2 aromatic heterocycles. The summed E-state index contributed by atoms with van der Waals surface area (Å²) >= 11 is 0. The maximum Gasteiger partial charge on any atom is 0.416 e. The maximum atomic E-state index is 12.8. The molecule has 9 heteroatoms. The number of rotatable bonds is 7. The molecule has 1 aromatic carbocycles. The Balaban J connectivity index is 1.37. The highest BCUT2D eigenvalue weighted by molar-refractivity contribution is 5.94. The Morgan fingerprint density at radius 3 is 2.47 bits per heavy atom. The molecular weight excluding hydrogens is 443 g/mol. The summed E-state index contributed by atoms with van der Waals surface area (Å²) in [4.78, 5) is 25.4. The first-order valence-corrected chi connectivity index (χ1v) is 10.9. The molecule has 0 spiro atoms. The van der Waals surface area contributed by atoms with Gasteiger partial charge in [0.15, 0.2) is 0 Å². The molecule has 34 heavy (non-hydrogen) atoms. The van der Waals surface area contributed by atoms with E-state index in [9.17, 15) is 18.0 Å². The summed E-state index contributed by atoms with van der Waals surface area (Å²) in [6.07, 6.45) is 0.698. The van der Waals surface area contributed by atoms with Crippen molar-refractivity contribution in [3.63, 3.8) is 0 Å². The summed E-state index contributed by atoms with van der Waals surface area (Å²) in [5.74, 6) is -0.197. The smallest absolute Gasteiger partial charge is 0.350 e. The summed E-state index contributed by atoms with van der Waals surface area (Å²) in [6, 6.07) is 10.9. The van der Waals surface area contributed by atoms with Gasteiger partial charge in [-0.25, -0.2) is 0 Å². The topological polar surface area (TPSA) is 61.4 Å². The third-order valence-electron chi connectivity index (χ3n) is 5.95. The summed E-state index contributed by atoms with van der Waals surface area (Å²) in [5, 5.41) is 2.99. The number of aromatic nitrogens is 2. The molecule has 1 unspecified atom stereocenters. The van der Waals surface area contributed by atoms with Gasteiger partial charge >= 0.3 is 6.18 Å². The van der Waals surface area contributed by atoms with E-state index in [-0.39, 0.29) is 11.9 Å². The van der Waals surface area contributed by atoms with Crippen LogP contribution in [-0.4, -0.2) is 46.3 Å². The van der Waals surface area contributed by atoms with E-state index in [1.807, 2.05) is 37.2 Å². The van der Waals surface area contributed by atoms with Gasteiger partial charge in [0.25, 0.3) is 5.91 Å². The lowest BCUT2D eigenvalue weighted by atomic mass is 10.1. The van der Waals surface area contributed by atoms with Crippen molar-refractivity contribution >= 4 is 5.91 Å². The number of likely N-dealkylation sites (N-methyl/N-ethyl adjacent to an activating group) is 1. The predicted octanol–water partition coefficient (Wildman–Crippen LogP) is 4.04. The normalized spacial score (nSPS) is 14.8. The number of hydrogen-bond donors (Lipinski definition) is 1. The molecule has 0 saturated carbocycles. The number of nitrogens with one attached hydrogen (secondary N) is 1. The number of carbonyl (C=O) groups excluding carboxylic acids is 1. The van der Waals surface area contributed by atoms with Crippen LogP contribution < -0.4 is 5.32 Å². The van der Waals surface area contributed by atoms with Gasteiger partial charge in [0.1, 0.15) is 0 Å². The van der Waals surface area contributed by atoms with Crippen molar-refractivity contribution < 1.29 is 18.0 Å². The second-order valence-electron chi connectivity index (χ2n) is 8.64. The summed E-state index contributed by atoms with van der Waals surface area (Å²) in [5.41, 5.74) is 3.53. The largest absolute Gasteiger partial charge is 0.416 e. The van der Waals surface area contributed by atoms with Crippen molar-refractivity contribution in [1.29, 1.82) is 0 Å². The van der Waals surface area contributed by atoms with E-state index in [1.54, 1.807) is 18.6 Å². The van der Waals surface area contributed by atoms with Crippen LogP contribution in [0.15, 0.2) is 61.1 Å². The summed E-state index contributed by atoms with van der Waals surface area (Å²) in [6.45, 7) is 2.12. The fourth-order valence-corrected chi connectivity index (χ4v) is 4.10. The number of nitrogens with zero attached hydrogens (tertiary/aromatic N) is 4. The van der Waals surface area contributed by atoms with Gasteiger partial charge < -0.3 is 10.2 Å². The van der Waals surface area contributed by atoms with E-state index in [2.05, 4.69) is 20.2 Å². The fraction of sp³-hybridized carbons (Fsp3) is 0.320. The lowest BCUT2D eigenvalue weighted by Crippen LogP contribution is -2.34. The van der Waals surface area contributed by atoms with Crippen LogP contribution in [0.2, 0.25) is 0 Å². The number of amides is 1. The number of hydrogen-bond acceptors (Lipinski definition) is 5. The fourth-order valence-electron chi connectivity index (χ4n) is 4.10. The van der Waals surface area contributed by atoms with Crippen LogP contribution in [0.25, 0.3) is 0 Å². The minimum atomic E-state index is -4.34. The van der Waals surface area contributed by atoms with Gasteiger partial charge in [-0.2, -0.15) is 13.2 Å². The Morgan fingerprint density at radius 2 is 1.82 bits per heavy atom. The molecule has 0 bridgehead atoms. The monoisotopic (exact) mass is 469 g/mol. The zero-order valence-electron chi connectivity index (χ0n) is 19.0. The van der Waals surface area contributed by atoms with Crippen LogP contribution in [-0.2, 0) is 25.8 Å². The van der Waals surface area contributed by atoms with Crippen LogP contribution >= 0.6 is 0 Å². The average Bonchev–Trinajstić information content (AvgIpc) is 3.20. The van der Waals surface area contributed by atoms with Gasteiger partial charge in [0, 0.05) is 44.8 Å². The third-order valence-corrected chi connectivity index (χ3v) is 5.95. The molecule has 178 valence electrons. The number of pyridine rings is 2. The zero-order chi connectivity index (χ0) is 24.3. The number of halogens is 3. The molecule has 0 saturated heterocycles. The van der Waals surface area contributed by atoms with E-state index in [4.69, 9.17) is 0 Å². The first-order chi connectivity index (χ1) is 16.2. The number of carbonyl (C=O) groups is 1. The van der Waals surface area contributed by atoms with Crippen LogP contribution in [0.5, 0.6) is 0 Å². The van der Waals surface area contributed by atoms with Crippen molar-refractivity contribution in [3.05, 3.63) is 94.6 Å². The first kappa shape index (κ1) is 23.8. The molecule has 0 aliphatic carbocycles. The van der Waals surface area contributed by atoms with Crippen LogP contribution in [0.4, 0.5) is 13.2 Å². The number of fused-ring (bicyclic) bond motifs is 1. The summed E-state index contributed by atoms with van der Waals surface area (Å²) < 4.78 is 38.3. The average molecular weight is 470 g/mol. The van der Waals surface area contributed by atoms with Gasteiger partial charge in [0.05, 0.1) is 22.9 Å². The standard InChI is InChI=1S/C25H26F3N5O/c1-32(2)23(18-7-9-29-10-8-18)13-31-24(34)19-11-20-15-33(16-22(20)30-12-19)14-17-3-5-21(6-4-17)25(26,27)28/h3-12,23H,13-16H2,1-2H3,(H,31,34). The molecule has 0 fully saturated rings. The maximum absolute atomic E-state index is 12.8. The van der Waals surface area contributed by atoms with E-state index in [1.165, 1.54) is 12.1 Å². The molecule has 1 aliphatic heterocycles. The minimum absolute atomic E-state index is 0.00793. The Labute approximate surface area is 196 Å². The van der Waals surface area contributed by atoms with Gasteiger partial charge in [-0.3, -0.25) is 19.7 Å². The van der Waals surface area contributed by atoms with Crippen molar-refractivity contribution in [2.24, 2.45) is 0 Å². The van der Waals surface area contributed by atoms with Gasteiger partial charge in [-0.1, -0.05) is 12.1 Å². The van der Waals surface area contributed by atoms with Gasteiger partial charge in [-0.05, 0) is 61.1 Å². The summed E-state index contributed by atoms with van der Waals surface area (Å²) in [7, 11) is 3.92. The molecular formula is C25H26F3N5O. The van der Waals surface area contributed by atoms with E-state index >= 15 is 0 Å². The number of benzene rings is 1. The predicted molar refractivity (Wildman–Crippen MR) is 122 cm³/mol. The third kappa shape index (κ3) is 5.60. The molecule has 4 rings (SSSR count). The second-order valence-corrected chi connectivity index (χ2v) is 8.64. The minimum Gasteiger partial charge on any atom is -0.350 e. The highest BCUT2D eigenvalue weighted by Crippen LogP contribution is 2.30. The molecule has 3 heterocycles. The van der Waals surface area contributed by atoms with Crippen LogP contribution in [0, 0.1) is 0 Å². The Hall–Kier alpha value is -3.30. The van der Waals surface area contributed by atoms with E-state index in [0.717, 1.165) is 34.5 Å². The molecule has 6 nitrogen and oxygen atoms in total. The molecule has 1 aliphatic rings. The Morgan fingerprint density at radius 1 is 1.12 bits per heavy atom. The van der Waals surface area contributed by atoms with Crippen molar-refractivity contribution in [2.45, 2.75) is 31.9 Å². The lowest BCUT2D eigenvalue weighted by Gasteiger charge is -2.25. The lowest BCUT2D eigenvalue weighted by molar-refractivity contribution is -0.137. The highest BCUT2D eigenvalue weighted by atomic mass is 19.4. The van der Waals surface area contributed by atoms with Crippen molar-refractivity contribution in [2.75, 3.05) is 20.6 Å². The molecule has 1 amide bonds. The quantitative estimate of drug-likeness (QED) is 0.566. The number of alkyl halides is 3. The highest BCUT2D eigenvalue weighted by Gasteiger charge is 2.30. The Kier molecular flexibility index (Phi) is 6.95. The van der Waals surface area contributed by atoms with Crippen molar-refractivity contribution in [3.8, 4) is 0 Å². The zero-order valence-corrected chi connectivity index (χ0v) is 19.0. The van der Waals surface area contributed by atoms with Crippen molar-refractivity contribution in [1.82, 2.24) is 25.1 Å². The molecule has 0 radical (unpaired) electrons.